The Morgan fingerprint density at radius 1 is 1.50 bits per heavy atom. The molecule has 0 aliphatic rings. The number of carbonyl (C=O) groups is 2. The first-order valence-electron chi connectivity index (χ1n) is 5.75. The number of hydrogen-bond acceptors (Lipinski definition) is 5. The van der Waals surface area contributed by atoms with Crippen LogP contribution in [-0.2, 0) is 20.9 Å². The van der Waals surface area contributed by atoms with E-state index >= 15 is 0 Å². The summed E-state index contributed by atoms with van der Waals surface area (Å²) in [6, 6.07) is 2.66. The van der Waals surface area contributed by atoms with Crippen LogP contribution < -0.4 is 10.4 Å². The number of furan rings is 1. The van der Waals surface area contributed by atoms with Crippen molar-refractivity contribution in [3.8, 4) is 0 Å². The van der Waals surface area contributed by atoms with Crippen LogP contribution in [0.4, 0.5) is 0 Å². The van der Waals surface area contributed by atoms with Gasteiger partial charge < -0.3 is 24.4 Å². The van der Waals surface area contributed by atoms with Gasteiger partial charge in [0.15, 0.2) is 11.8 Å². The summed E-state index contributed by atoms with van der Waals surface area (Å²) in [6.07, 6.45) is 0.856. The Morgan fingerprint density at radius 3 is 2.72 bits per heavy atom. The third-order valence-electron chi connectivity index (χ3n) is 2.22. The first-order chi connectivity index (χ1) is 8.49. The number of quaternary nitrogens is 1. The second-order valence-corrected chi connectivity index (χ2v) is 4.19. The lowest BCUT2D eigenvalue weighted by Crippen LogP contribution is -2.91. The number of carbonyl (C=O) groups excluding carboxylic acids is 2. The highest BCUT2D eigenvalue weighted by Crippen LogP contribution is 1.98. The summed E-state index contributed by atoms with van der Waals surface area (Å²) in [6.45, 7) is 3.79. The first kappa shape index (κ1) is 14.2. The lowest BCUT2D eigenvalue weighted by atomic mass is 10.2. The van der Waals surface area contributed by atoms with Crippen LogP contribution >= 0.6 is 0 Å². The van der Waals surface area contributed by atoms with E-state index in [1.807, 2.05) is 0 Å². The lowest BCUT2D eigenvalue weighted by Gasteiger charge is -2.16. The molecule has 0 spiro atoms. The van der Waals surface area contributed by atoms with Crippen molar-refractivity contribution in [2.45, 2.75) is 39.0 Å². The topological polar surface area (TPSA) is 96.2 Å². The minimum atomic E-state index is -1.28. The van der Waals surface area contributed by atoms with E-state index in [0.717, 1.165) is 0 Å². The lowest BCUT2D eigenvalue weighted by molar-refractivity contribution is -0.695. The van der Waals surface area contributed by atoms with Gasteiger partial charge in [0.1, 0.15) is 6.54 Å². The average molecular weight is 255 g/mol. The normalized spacial score (nSPS) is 12.4. The van der Waals surface area contributed by atoms with E-state index in [0.29, 0.717) is 12.3 Å². The predicted molar refractivity (Wildman–Crippen MR) is 59.0 cm³/mol. The highest BCUT2D eigenvalue weighted by atomic mass is 16.5. The van der Waals surface area contributed by atoms with Gasteiger partial charge in [-0.05, 0) is 26.0 Å². The molecule has 0 saturated carbocycles. The van der Waals surface area contributed by atoms with Crippen molar-refractivity contribution in [3.05, 3.63) is 24.2 Å². The highest BCUT2D eigenvalue weighted by Gasteiger charge is 2.25. The minimum absolute atomic E-state index is 0.279. The standard InChI is InChI=1S/C12H17NO5/c1-8(2)18-12(16)10(6-11(14)15)13-7-9-4-3-5-17-9/h3-5,8,10,13H,6-7H2,1-2H3,(H,14,15)/t10-/m1/s1. The summed E-state index contributed by atoms with van der Waals surface area (Å²) in [5.74, 6) is -1.17. The smallest absolute Gasteiger partial charge is 0.365 e. The van der Waals surface area contributed by atoms with Crippen LogP contribution in [-0.4, -0.2) is 24.1 Å². The number of esters is 1. The van der Waals surface area contributed by atoms with Gasteiger partial charge in [-0.2, -0.15) is 0 Å². The maximum atomic E-state index is 11.7. The van der Waals surface area contributed by atoms with Crippen molar-refractivity contribution in [2.24, 2.45) is 0 Å². The third kappa shape index (κ3) is 5.01. The minimum Gasteiger partial charge on any atom is -0.550 e. The molecular weight excluding hydrogens is 238 g/mol. The molecule has 0 aromatic carbocycles. The quantitative estimate of drug-likeness (QED) is 0.617. The Bertz CT molecular complexity index is 385. The van der Waals surface area contributed by atoms with Gasteiger partial charge in [0.05, 0.1) is 18.8 Å². The molecule has 6 heteroatoms. The largest absolute Gasteiger partial charge is 0.550 e. The van der Waals surface area contributed by atoms with Crippen LogP contribution in [0.15, 0.2) is 22.8 Å². The Hall–Kier alpha value is -1.82. The SMILES string of the molecule is CC(C)OC(=O)[C@@H](CC(=O)[O-])[NH2+]Cc1ccco1. The van der Waals surface area contributed by atoms with E-state index in [1.54, 1.807) is 31.3 Å². The van der Waals surface area contributed by atoms with Crippen molar-refractivity contribution in [1.29, 1.82) is 0 Å². The molecule has 0 aliphatic carbocycles. The number of aliphatic carboxylic acids is 1. The van der Waals surface area contributed by atoms with Crippen LogP contribution in [0.3, 0.4) is 0 Å². The van der Waals surface area contributed by atoms with Gasteiger partial charge in [0.2, 0.25) is 0 Å². The van der Waals surface area contributed by atoms with Gasteiger partial charge in [0.25, 0.3) is 0 Å². The Morgan fingerprint density at radius 2 is 2.22 bits per heavy atom. The van der Waals surface area contributed by atoms with Gasteiger partial charge >= 0.3 is 5.97 Å². The van der Waals surface area contributed by atoms with E-state index in [1.165, 1.54) is 6.26 Å². The molecule has 100 valence electrons. The predicted octanol–water partition coefficient (Wildman–Crippen LogP) is -1.20. The molecule has 0 bridgehead atoms. The third-order valence-corrected chi connectivity index (χ3v) is 2.22. The number of carboxylic acids is 1. The van der Waals surface area contributed by atoms with Gasteiger partial charge in [-0.3, -0.25) is 0 Å². The molecule has 0 unspecified atom stereocenters. The molecule has 0 aliphatic heterocycles. The molecule has 1 aromatic rings. The molecule has 1 heterocycles. The maximum Gasteiger partial charge on any atom is 0.365 e. The molecule has 0 fully saturated rings. The number of nitrogens with two attached hydrogens (primary N) is 1. The summed E-state index contributed by atoms with van der Waals surface area (Å²) in [5, 5.41) is 12.2. The van der Waals surface area contributed by atoms with Crippen LogP contribution in [0, 0.1) is 0 Å². The molecule has 6 nitrogen and oxygen atoms in total. The Kier molecular flexibility index (Phi) is 5.38. The Labute approximate surface area is 105 Å². The molecule has 0 radical (unpaired) electrons. The summed E-state index contributed by atoms with van der Waals surface area (Å²) in [5.41, 5.74) is 0. The number of ether oxygens (including phenoxy) is 1. The molecule has 0 saturated heterocycles. The molecule has 0 amide bonds. The summed E-state index contributed by atoms with van der Waals surface area (Å²) in [4.78, 5) is 22.3. The average Bonchev–Trinajstić information content (AvgIpc) is 2.75. The number of carboxylic acid groups (broad SMARTS) is 1. The van der Waals surface area contributed by atoms with Gasteiger partial charge in [0, 0.05) is 5.97 Å². The Balaban J connectivity index is 2.54. The zero-order valence-electron chi connectivity index (χ0n) is 10.4. The first-order valence-corrected chi connectivity index (χ1v) is 5.75. The zero-order valence-corrected chi connectivity index (χ0v) is 10.4. The van der Waals surface area contributed by atoms with Crippen molar-refractivity contribution in [3.63, 3.8) is 0 Å². The second kappa shape index (κ2) is 6.80. The van der Waals surface area contributed by atoms with E-state index < -0.39 is 18.0 Å². The van der Waals surface area contributed by atoms with E-state index in [2.05, 4.69) is 0 Å². The van der Waals surface area contributed by atoms with Crippen LogP contribution in [0.25, 0.3) is 0 Å². The molecule has 1 rings (SSSR count). The molecule has 1 atom stereocenters. The molecule has 2 N–H and O–H groups in total. The van der Waals surface area contributed by atoms with E-state index in [-0.39, 0.29) is 12.5 Å². The summed E-state index contributed by atoms with van der Waals surface area (Å²) < 4.78 is 10.1. The summed E-state index contributed by atoms with van der Waals surface area (Å²) in [7, 11) is 0. The van der Waals surface area contributed by atoms with Gasteiger partial charge in [-0.1, -0.05) is 0 Å². The van der Waals surface area contributed by atoms with Crippen molar-refractivity contribution >= 4 is 11.9 Å². The van der Waals surface area contributed by atoms with Crippen molar-refractivity contribution < 1.29 is 29.2 Å². The fraction of sp³-hybridized carbons (Fsp3) is 0.500. The van der Waals surface area contributed by atoms with Crippen molar-refractivity contribution in [2.75, 3.05) is 0 Å². The molecular formula is C12H17NO5. The van der Waals surface area contributed by atoms with E-state index in [4.69, 9.17) is 9.15 Å². The second-order valence-electron chi connectivity index (χ2n) is 4.19. The monoisotopic (exact) mass is 255 g/mol. The maximum absolute atomic E-state index is 11.7. The fourth-order valence-electron chi connectivity index (χ4n) is 1.45. The van der Waals surface area contributed by atoms with Gasteiger partial charge in [-0.15, -0.1) is 0 Å². The number of rotatable bonds is 7. The molecule has 1 aromatic heterocycles. The summed E-state index contributed by atoms with van der Waals surface area (Å²) >= 11 is 0. The zero-order chi connectivity index (χ0) is 13.5. The van der Waals surface area contributed by atoms with Crippen LogP contribution in [0.2, 0.25) is 0 Å². The van der Waals surface area contributed by atoms with Crippen molar-refractivity contribution in [1.82, 2.24) is 0 Å². The van der Waals surface area contributed by atoms with Crippen LogP contribution in [0.1, 0.15) is 26.0 Å². The van der Waals surface area contributed by atoms with E-state index in [9.17, 15) is 14.7 Å². The number of hydrogen-bond donors (Lipinski definition) is 1. The fourth-order valence-corrected chi connectivity index (χ4v) is 1.45. The highest BCUT2D eigenvalue weighted by molar-refractivity contribution is 5.79. The van der Waals surface area contributed by atoms with Crippen LogP contribution in [0.5, 0.6) is 0 Å². The molecule has 18 heavy (non-hydrogen) atoms. The van der Waals surface area contributed by atoms with Gasteiger partial charge in [-0.25, -0.2) is 4.79 Å².